The van der Waals surface area contributed by atoms with Crippen molar-refractivity contribution in [2.75, 3.05) is 18.5 Å². The molecule has 0 aromatic heterocycles. The maximum atomic E-state index is 2.30. The maximum Gasteiger partial charge on any atom is 0.0396 e. The quantitative estimate of drug-likeness (QED) is 0.547. The molecule has 0 atom stereocenters. The molecule has 0 saturated carbocycles. The zero-order valence-corrected chi connectivity index (χ0v) is 6.17. The number of likely N-dealkylation sites (N-methyl/N-ethyl adjacent to an activating group) is 1. The highest BCUT2D eigenvalue weighted by molar-refractivity contribution is 5.56. The van der Waals surface area contributed by atoms with Crippen LogP contribution in [0.1, 0.15) is 13.0 Å². The molecular weight excluding hydrogens is 134 g/mol. The van der Waals surface area contributed by atoms with Crippen molar-refractivity contribution < 1.29 is 0 Å². The van der Waals surface area contributed by atoms with E-state index in [0.29, 0.717) is 0 Å². The maximum absolute atomic E-state index is 2.30. The lowest BCUT2D eigenvalue weighted by molar-refractivity contribution is 0.956. The molecular formula is C10H15N. The van der Waals surface area contributed by atoms with E-state index >= 15 is 0 Å². The van der Waals surface area contributed by atoms with Crippen LogP contribution >= 0.6 is 0 Å². The van der Waals surface area contributed by atoms with Gasteiger partial charge in [-0.05, 0) is 18.1 Å². The van der Waals surface area contributed by atoms with Crippen LogP contribution in [-0.2, 0) is 6.42 Å². The molecule has 1 aliphatic heterocycles. The number of fused-ring (bicyclic) bond motifs is 1. The minimum absolute atomic E-state index is 0. The van der Waals surface area contributed by atoms with Crippen LogP contribution in [-0.4, -0.2) is 13.6 Å². The van der Waals surface area contributed by atoms with Crippen molar-refractivity contribution in [3.63, 3.8) is 0 Å². The summed E-state index contributed by atoms with van der Waals surface area (Å²) in [4.78, 5) is 2.30. The average Bonchev–Trinajstić information content (AvgIpc) is 2.34. The van der Waals surface area contributed by atoms with Gasteiger partial charge in [-0.15, -0.1) is 0 Å². The number of hydrogen-bond donors (Lipinski definition) is 0. The van der Waals surface area contributed by atoms with Gasteiger partial charge in [-0.2, -0.15) is 0 Å². The Morgan fingerprint density at radius 1 is 1.27 bits per heavy atom. The fourth-order valence-corrected chi connectivity index (χ4v) is 1.50. The molecule has 0 radical (unpaired) electrons. The zero-order chi connectivity index (χ0) is 6.97. The Labute approximate surface area is 68.7 Å². The van der Waals surface area contributed by atoms with Gasteiger partial charge in [-0.3, -0.25) is 0 Å². The molecule has 1 heterocycles. The highest BCUT2D eigenvalue weighted by Gasteiger charge is 2.12. The topological polar surface area (TPSA) is 3.24 Å². The first kappa shape index (κ1) is 8.12. The minimum atomic E-state index is 0. The Morgan fingerprint density at radius 3 is 2.73 bits per heavy atom. The molecule has 0 amide bonds. The van der Waals surface area contributed by atoms with E-state index in [4.69, 9.17) is 0 Å². The lowest BCUT2D eigenvalue weighted by Gasteiger charge is -2.10. The van der Waals surface area contributed by atoms with Crippen molar-refractivity contribution in [1.82, 2.24) is 0 Å². The van der Waals surface area contributed by atoms with E-state index in [1.165, 1.54) is 24.2 Å². The van der Waals surface area contributed by atoms with E-state index in [0.717, 1.165) is 0 Å². The molecule has 60 valence electrons. The molecule has 11 heavy (non-hydrogen) atoms. The van der Waals surface area contributed by atoms with E-state index in [1.54, 1.807) is 0 Å². The highest BCUT2D eigenvalue weighted by Crippen LogP contribution is 2.25. The Bertz CT molecular complexity index is 242. The van der Waals surface area contributed by atoms with Crippen molar-refractivity contribution in [2.24, 2.45) is 0 Å². The molecule has 0 bridgehead atoms. The molecule has 1 aromatic rings. The molecule has 1 nitrogen and oxygen atoms in total. The number of hydrogen-bond acceptors (Lipinski definition) is 1. The van der Waals surface area contributed by atoms with Gasteiger partial charge in [0.05, 0.1) is 0 Å². The summed E-state index contributed by atoms with van der Waals surface area (Å²) in [7, 11) is 2.14. The fourth-order valence-electron chi connectivity index (χ4n) is 1.50. The van der Waals surface area contributed by atoms with Gasteiger partial charge in [0.2, 0.25) is 0 Å². The van der Waals surface area contributed by atoms with Crippen LogP contribution in [0.15, 0.2) is 24.3 Å². The molecule has 1 heteroatoms. The van der Waals surface area contributed by atoms with Crippen molar-refractivity contribution >= 4 is 5.69 Å². The van der Waals surface area contributed by atoms with Gasteiger partial charge in [-0.1, -0.05) is 25.6 Å². The van der Waals surface area contributed by atoms with Crippen molar-refractivity contribution in [3.05, 3.63) is 29.8 Å². The number of nitrogens with zero attached hydrogens (tertiary/aromatic N) is 1. The summed E-state index contributed by atoms with van der Waals surface area (Å²) >= 11 is 0. The van der Waals surface area contributed by atoms with Crippen LogP contribution in [0.3, 0.4) is 0 Å². The third kappa shape index (κ3) is 1.23. The first-order valence-corrected chi connectivity index (χ1v) is 3.67. The van der Waals surface area contributed by atoms with Crippen LogP contribution in [0, 0.1) is 0 Å². The highest BCUT2D eigenvalue weighted by atomic mass is 15.1. The summed E-state index contributed by atoms with van der Waals surface area (Å²) in [6.07, 6.45) is 1.21. The normalized spacial score (nSPS) is 14.1. The summed E-state index contributed by atoms with van der Waals surface area (Å²) < 4.78 is 0. The summed E-state index contributed by atoms with van der Waals surface area (Å²) in [6, 6.07) is 8.60. The number of benzene rings is 1. The number of rotatable bonds is 0. The third-order valence-electron chi connectivity index (χ3n) is 2.12. The summed E-state index contributed by atoms with van der Waals surface area (Å²) in [6.45, 7) is 1.18. The molecule has 0 N–H and O–H groups in total. The van der Waals surface area contributed by atoms with Crippen molar-refractivity contribution in [3.8, 4) is 0 Å². The predicted octanol–water partition coefficient (Wildman–Crippen LogP) is 2.32. The molecule has 0 fully saturated rings. The monoisotopic (exact) mass is 149 g/mol. The van der Waals surface area contributed by atoms with E-state index in [-0.39, 0.29) is 7.43 Å². The summed E-state index contributed by atoms with van der Waals surface area (Å²) in [5.74, 6) is 0. The van der Waals surface area contributed by atoms with E-state index in [9.17, 15) is 0 Å². The van der Waals surface area contributed by atoms with Crippen LogP contribution < -0.4 is 4.90 Å². The van der Waals surface area contributed by atoms with Gasteiger partial charge >= 0.3 is 0 Å². The molecule has 0 unspecified atom stereocenters. The van der Waals surface area contributed by atoms with Crippen LogP contribution in [0.4, 0.5) is 5.69 Å². The second-order valence-electron chi connectivity index (χ2n) is 2.80. The minimum Gasteiger partial charge on any atom is -0.374 e. The third-order valence-corrected chi connectivity index (χ3v) is 2.12. The van der Waals surface area contributed by atoms with Gasteiger partial charge in [0.25, 0.3) is 0 Å². The van der Waals surface area contributed by atoms with Crippen molar-refractivity contribution in [1.29, 1.82) is 0 Å². The molecule has 0 spiro atoms. The predicted molar refractivity (Wildman–Crippen MR) is 50.1 cm³/mol. The van der Waals surface area contributed by atoms with Gasteiger partial charge in [0.1, 0.15) is 0 Å². The van der Waals surface area contributed by atoms with Crippen molar-refractivity contribution in [2.45, 2.75) is 13.8 Å². The fraction of sp³-hybridized carbons (Fsp3) is 0.400. The summed E-state index contributed by atoms with van der Waals surface area (Å²) in [5.41, 5.74) is 2.90. The second kappa shape index (κ2) is 2.95. The first-order valence-electron chi connectivity index (χ1n) is 3.67. The first-order chi connectivity index (χ1) is 4.88. The Kier molecular flexibility index (Phi) is 2.18. The largest absolute Gasteiger partial charge is 0.374 e. The average molecular weight is 149 g/mol. The SMILES string of the molecule is C.CN1CCc2ccccc21. The molecule has 1 aromatic carbocycles. The second-order valence-corrected chi connectivity index (χ2v) is 2.80. The Hall–Kier alpha value is -0.980. The van der Waals surface area contributed by atoms with E-state index in [1.807, 2.05) is 0 Å². The van der Waals surface area contributed by atoms with Gasteiger partial charge in [0, 0.05) is 19.3 Å². The molecule has 1 aliphatic rings. The Morgan fingerprint density at radius 2 is 2.00 bits per heavy atom. The van der Waals surface area contributed by atoms with Gasteiger partial charge in [-0.25, -0.2) is 0 Å². The molecule has 0 saturated heterocycles. The van der Waals surface area contributed by atoms with Gasteiger partial charge in [0.15, 0.2) is 0 Å². The number of anilines is 1. The standard InChI is InChI=1S/C9H11N.CH4/c1-10-7-6-8-4-2-3-5-9(8)10;/h2-5H,6-7H2,1H3;1H4. The van der Waals surface area contributed by atoms with Crippen LogP contribution in [0.25, 0.3) is 0 Å². The zero-order valence-electron chi connectivity index (χ0n) is 6.17. The summed E-state index contributed by atoms with van der Waals surface area (Å²) in [5, 5.41) is 0. The van der Waals surface area contributed by atoms with Crippen LogP contribution in [0.2, 0.25) is 0 Å². The van der Waals surface area contributed by atoms with Gasteiger partial charge < -0.3 is 4.90 Å². The molecule has 2 rings (SSSR count). The lowest BCUT2D eigenvalue weighted by atomic mass is 10.2. The Balaban J connectivity index is 0.000000605. The smallest absolute Gasteiger partial charge is 0.0396 e. The van der Waals surface area contributed by atoms with E-state index < -0.39 is 0 Å². The lowest BCUT2D eigenvalue weighted by Crippen LogP contribution is -2.12. The van der Waals surface area contributed by atoms with E-state index in [2.05, 4.69) is 36.2 Å². The van der Waals surface area contributed by atoms with Crippen LogP contribution in [0.5, 0.6) is 0 Å². The molecule has 0 aliphatic carbocycles. The number of para-hydroxylation sites is 1.